The molecule has 1 N–H and O–H groups in total. The zero-order chi connectivity index (χ0) is 13.6. The molecule has 106 valence electrons. The van der Waals surface area contributed by atoms with E-state index in [0.717, 1.165) is 19.5 Å². The highest BCUT2D eigenvalue weighted by molar-refractivity contribution is 5.67. The standard InChI is InChI=1S/C14H28N2O2/c1-5-16-10-6-7-12(11-16)8-9-15-13(17)18-14(2,3)4/h12H,5-11H2,1-4H3,(H,15,17). The first-order valence-corrected chi connectivity index (χ1v) is 7.10. The monoisotopic (exact) mass is 256 g/mol. The number of rotatable bonds is 4. The van der Waals surface area contributed by atoms with E-state index in [4.69, 9.17) is 4.74 Å². The lowest BCUT2D eigenvalue weighted by Crippen LogP contribution is -2.38. The van der Waals surface area contributed by atoms with Crippen molar-refractivity contribution >= 4 is 6.09 Å². The van der Waals surface area contributed by atoms with E-state index >= 15 is 0 Å². The Morgan fingerprint density at radius 1 is 1.44 bits per heavy atom. The maximum atomic E-state index is 11.5. The average molecular weight is 256 g/mol. The molecule has 1 heterocycles. The fourth-order valence-electron chi connectivity index (χ4n) is 2.37. The summed E-state index contributed by atoms with van der Waals surface area (Å²) in [6, 6.07) is 0. The number of amides is 1. The van der Waals surface area contributed by atoms with Crippen molar-refractivity contribution < 1.29 is 9.53 Å². The Labute approximate surface area is 111 Å². The van der Waals surface area contributed by atoms with Gasteiger partial charge in [0.2, 0.25) is 0 Å². The molecule has 1 rings (SSSR count). The van der Waals surface area contributed by atoms with Crippen molar-refractivity contribution in [3.63, 3.8) is 0 Å². The van der Waals surface area contributed by atoms with Gasteiger partial charge in [-0.15, -0.1) is 0 Å². The maximum Gasteiger partial charge on any atom is 0.407 e. The van der Waals surface area contributed by atoms with E-state index in [1.54, 1.807) is 0 Å². The Bertz CT molecular complexity index is 261. The minimum Gasteiger partial charge on any atom is -0.444 e. The summed E-state index contributed by atoms with van der Waals surface area (Å²) >= 11 is 0. The molecule has 4 nitrogen and oxygen atoms in total. The van der Waals surface area contributed by atoms with Crippen LogP contribution in [0.4, 0.5) is 4.79 Å². The van der Waals surface area contributed by atoms with Crippen LogP contribution in [-0.4, -0.2) is 42.8 Å². The predicted octanol–water partition coefficient (Wildman–Crippen LogP) is 2.63. The molecule has 1 aliphatic rings. The van der Waals surface area contributed by atoms with Crippen molar-refractivity contribution in [1.29, 1.82) is 0 Å². The zero-order valence-electron chi connectivity index (χ0n) is 12.3. The zero-order valence-corrected chi connectivity index (χ0v) is 12.3. The molecule has 0 aliphatic carbocycles. The summed E-state index contributed by atoms with van der Waals surface area (Å²) in [7, 11) is 0. The number of carbonyl (C=O) groups excluding carboxylic acids is 1. The minimum absolute atomic E-state index is 0.300. The van der Waals surface area contributed by atoms with Crippen LogP contribution >= 0.6 is 0 Å². The van der Waals surface area contributed by atoms with Gasteiger partial charge in [-0.2, -0.15) is 0 Å². The first-order chi connectivity index (χ1) is 8.40. The van der Waals surface area contributed by atoms with Gasteiger partial charge in [0.15, 0.2) is 0 Å². The van der Waals surface area contributed by atoms with Crippen LogP contribution in [0.25, 0.3) is 0 Å². The van der Waals surface area contributed by atoms with Gasteiger partial charge in [0.25, 0.3) is 0 Å². The Kier molecular flexibility index (Phi) is 5.93. The van der Waals surface area contributed by atoms with Gasteiger partial charge in [-0.3, -0.25) is 0 Å². The van der Waals surface area contributed by atoms with E-state index < -0.39 is 5.60 Å². The van der Waals surface area contributed by atoms with E-state index in [2.05, 4.69) is 17.1 Å². The molecule has 1 amide bonds. The predicted molar refractivity (Wildman–Crippen MR) is 73.7 cm³/mol. The number of hydrogen-bond acceptors (Lipinski definition) is 3. The summed E-state index contributed by atoms with van der Waals surface area (Å²) in [6.45, 7) is 12.1. The first kappa shape index (κ1) is 15.3. The maximum absolute atomic E-state index is 11.5. The Balaban J connectivity index is 2.15. The largest absolute Gasteiger partial charge is 0.444 e. The van der Waals surface area contributed by atoms with Gasteiger partial charge in [0, 0.05) is 13.1 Å². The molecule has 1 atom stereocenters. The van der Waals surface area contributed by atoms with Gasteiger partial charge < -0.3 is 15.0 Å². The molecule has 0 aromatic rings. The summed E-state index contributed by atoms with van der Waals surface area (Å²) in [5.41, 5.74) is -0.409. The van der Waals surface area contributed by atoms with Gasteiger partial charge in [-0.1, -0.05) is 6.92 Å². The first-order valence-electron chi connectivity index (χ1n) is 7.10. The van der Waals surface area contributed by atoms with Gasteiger partial charge in [0.1, 0.15) is 5.60 Å². The summed E-state index contributed by atoms with van der Waals surface area (Å²) in [5, 5.41) is 2.84. The number of carbonyl (C=O) groups is 1. The van der Waals surface area contributed by atoms with Crippen LogP contribution in [0.2, 0.25) is 0 Å². The summed E-state index contributed by atoms with van der Waals surface area (Å²) in [4.78, 5) is 14.0. The fraction of sp³-hybridized carbons (Fsp3) is 0.929. The highest BCUT2D eigenvalue weighted by Crippen LogP contribution is 2.18. The lowest BCUT2D eigenvalue weighted by Gasteiger charge is -2.31. The van der Waals surface area contributed by atoms with Gasteiger partial charge >= 0.3 is 6.09 Å². The molecular formula is C14H28N2O2. The third-order valence-corrected chi connectivity index (χ3v) is 3.27. The van der Waals surface area contributed by atoms with Crippen LogP contribution in [-0.2, 0) is 4.74 Å². The highest BCUT2D eigenvalue weighted by Gasteiger charge is 2.19. The molecule has 1 fully saturated rings. The van der Waals surface area contributed by atoms with Crippen LogP contribution in [0.15, 0.2) is 0 Å². The topological polar surface area (TPSA) is 41.6 Å². The number of nitrogens with one attached hydrogen (secondary N) is 1. The van der Waals surface area contributed by atoms with Crippen molar-refractivity contribution in [2.45, 2.75) is 52.6 Å². The number of hydrogen-bond donors (Lipinski definition) is 1. The molecule has 0 aromatic carbocycles. The fourth-order valence-corrected chi connectivity index (χ4v) is 2.37. The normalized spacial score (nSPS) is 21.7. The van der Waals surface area contributed by atoms with Crippen LogP contribution in [0.5, 0.6) is 0 Å². The average Bonchev–Trinajstić information content (AvgIpc) is 2.27. The lowest BCUT2D eigenvalue weighted by molar-refractivity contribution is 0.0522. The van der Waals surface area contributed by atoms with Crippen molar-refractivity contribution in [3.05, 3.63) is 0 Å². The van der Waals surface area contributed by atoms with Crippen molar-refractivity contribution in [1.82, 2.24) is 10.2 Å². The third-order valence-electron chi connectivity index (χ3n) is 3.27. The molecule has 1 unspecified atom stereocenters. The van der Waals surface area contributed by atoms with E-state index in [0.29, 0.717) is 5.92 Å². The molecule has 0 radical (unpaired) electrons. The molecule has 4 heteroatoms. The van der Waals surface area contributed by atoms with E-state index in [1.807, 2.05) is 20.8 Å². The summed E-state index contributed by atoms with van der Waals surface area (Å²) in [5.74, 6) is 0.716. The smallest absolute Gasteiger partial charge is 0.407 e. The van der Waals surface area contributed by atoms with Crippen molar-refractivity contribution in [3.8, 4) is 0 Å². The van der Waals surface area contributed by atoms with E-state index in [1.165, 1.54) is 25.9 Å². The summed E-state index contributed by atoms with van der Waals surface area (Å²) < 4.78 is 5.21. The highest BCUT2D eigenvalue weighted by atomic mass is 16.6. The number of alkyl carbamates (subject to hydrolysis) is 1. The third kappa shape index (κ3) is 6.24. The Morgan fingerprint density at radius 2 is 2.17 bits per heavy atom. The van der Waals surface area contributed by atoms with Gasteiger partial charge in [-0.05, 0) is 59.0 Å². The molecule has 18 heavy (non-hydrogen) atoms. The molecule has 0 bridgehead atoms. The summed E-state index contributed by atoms with van der Waals surface area (Å²) in [6.07, 6.45) is 3.32. The second-order valence-electron chi connectivity index (χ2n) is 6.12. The van der Waals surface area contributed by atoms with Gasteiger partial charge in [0.05, 0.1) is 0 Å². The number of likely N-dealkylation sites (tertiary alicyclic amines) is 1. The van der Waals surface area contributed by atoms with Crippen LogP contribution in [0, 0.1) is 5.92 Å². The Morgan fingerprint density at radius 3 is 2.78 bits per heavy atom. The van der Waals surface area contributed by atoms with Crippen LogP contribution in [0.3, 0.4) is 0 Å². The lowest BCUT2D eigenvalue weighted by atomic mass is 9.95. The van der Waals surface area contributed by atoms with E-state index in [9.17, 15) is 4.79 Å². The minimum atomic E-state index is -0.409. The SMILES string of the molecule is CCN1CCCC(CCNC(=O)OC(C)(C)C)C1. The molecule has 1 aliphatic heterocycles. The molecule has 0 spiro atoms. The second-order valence-corrected chi connectivity index (χ2v) is 6.12. The van der Waals surface area contributed by atoms with Crippen molar-refractivity contribution in [2.75, 3.05) is 26.2 Å². The number of nitrogens with zero attached hydrogens (tertiary/aromatic N) is 1. The van der Waals surface area contributed by atoms with Crippen molar-refractivity contribution in [2.24, 2.45) is 5.92 Å². The molecule has 0 saturated carbocycles. The molecule has 0 aromatic heterocycles. The Hall–Kier alpha value is -0.770. The molecule has 1 saturated heterocycles. The number of piperidine rings is 1. The van der Waals surface area contributed by atoms with Crippen LogP contribution in [0.1, 0.15) is 47.0 Å². The number of ether oxygens (including phenoxy) is 1. The molecular weight excluding hydrogens is 228 g/mol. The second kappa shape index (κ2) is 6.98. The van der Waals surface area contributed by atoms with Gasteiger partial charge in [-0.25, -0.2) is 4.79 Å². The quantitative estimate of drug-likeness (QED) is 0.840. The van der Waals surface area contributed by atoms with Crippen LogP contribution < -0.4 is 5.32 Å². The van der Waals surface area contributed by atoms with E-state index in [-0.39, 0.29) is 6.09 Å².